The number of hydrogen-bond acceptors (Lipinski definition) is 6. The quantitative estimate of drug-likeness (QED) is 0.609. The Balaban J connectivity index is 0.00000272. The van der Waals surface area contributed by atoms with Crippen molar-refractivity contribution in [2.45, 2.75) is 25.7 Å². The number of piperazine rings is 1. The van der Waals surface area contributed by atoms with Crippen molar-refractivity contribution in [3.8, 4) is 0 Å². The molecular formula is C21H24ClF3N6. The molecule has 4 rings (SSSR count). The molecule has 1 saturated heterocycles. The average Bonchev–Trinajstić information content (AvgIpc) is 2.74. The van der Waals surface area contributed by atoms with Crippen molar-refractivity contribution in [2.24, 2.45) is 0 Å². The number of nitrogens with zero attached hydrogens (tertiary/aromatic N) is 4. The second kappa shape index (κ2) is 9.76. The van der Waals surface area contributed by atoms with Gasteiger partial charge in [-0.3, -0.25) is 4.90 Å². The maximum atomic E-state index is 13.0. The molecule has 6 nitrogen and oxygen atoms in total. The van der Waals surface area contributed by atoms with E-state index in [0.717, 1.165) is 55.8 Å². The van der Waals surface area contributed by atoms with Crippen molar-refractivity contribution in [1.29, 1.82) is 0 Å². The number of nitrogens with one attached hydrogen (secondary N) is 2. The van der Waals surface area contributed by atoms with Gasteiger partial charge in [0.15, 0.2) is 5.82 Å². The van der Waals surface area contributed by atoms with E-state index in [2.05, 4.69) is 30.9 Å². The molecule has 0 amide bonds. The van der Waals surface area contributed by atoms with Crippen LogP contribution < -0.4 is 10.6 Å². The predicted molar refractivity (Wildman–Crippen MR) is 116 cm³/mol. The van der Waals surface area contributed by atoms with Gasteiger partial charge < -0.3 is 10.6 Å². The molecule has 1 aromatic heterocycles. The number of halogens is 4. The summed E-state index contributed by atoms with van der Waals surface area (Å²) in [5, 5.41) is 19.3. The molecule has 10 heteroatoms. The second-order valence-corrected chi connectivity index (χ2v) is 7.50. The van der Waals surface area contributed by atoms with Gasteiger partial charge in [0.05, 0.1) is 17.1 Å². The fourth-order valence-electron chi connectivity index (χ4n) is 3.63. The number of anilines is 1. The molecular weight excluding hydrogens is 429 g/mol. The van der Waals surface area contributed by atoms with Gasteiger partial charge in [-0.15, -0.1) is 22.6 Å². The lowest BCUT2D eigenvalue weighted by Gasteiger charge is -2.27. The number of fused-ring (bicyclic) bond motifs is 1. The van der Waals surface area contributed by atoms with Gasteiger partial charge in [-0.05, 0) is 47.5 Å². The Labute approximate surface area is 184 Å². The molecule has 0 aliphatic carbocycles. The van der Waals surface area contributed by atoms with Crippen LogP contribution in [0, 0.1) is 0 Å². The number of alkyl halides is 3. The van der Waals surface area contributed by atoms with Gasteiger partial charge in [-0.1, -0.05) is 18.2 Å². The highest BCUT2D eigenvalue weighted by atomic mass is 35.5. The van der Waals surface area contributed by atoms with Gasteiger partial charge in [-0.2, -0.15) is 13.2 Å². The summed E-state index contributed by atoms with van der Waals surface area (Å²) in [6.07, 6.45) is -4.38. The maximum Gasteiger partial charge on any atom is 0.416 e. The van der Waals surface area contributed by atoms with E-state index in [1.807, 2.05) is 18.2 Å². The molecule has 0 saturated carbocycles. The van der Waals surface area contributed by atoms with Crippen molar-refractivity contribution in [3.63, 3.8) is 0 Å². The van der Waals surface area contributed by atoms with Crippen LogP contribution in [0.5, 0.6) is 0 Å². The molecule has 1 aliphatic heterocycles. The monoisotopic (exact) mass is 452 g/mol. The molecule has 166 valence electrons. The normalized spacial score (nSPS) is 16.0. The second-order valence-electron chi connectivity index (χ2n) is 7.50. The maximum absolute atomic E-state index is 13.0. The molecule has 0 bridgehead atoms. The van der Waals surface area contributed by atoms with Crippen molar-refractivity contribution >= 4 is 29.1 Å². The van der Waals surface area contributed by atoms with E-state index in [1.54, 1.807) is 13.0 Å². The minimum absolute atomic E-state index is 0. The standard InChI is InChI=1S/C21H23F3N6.ClH/c1-14(16-3-2-4-17(12-16)21(22,23)24)26-20-18-11-15(5-6-19(18)27-29-28-20)13-30-9-7-25-8-10-30;/h2-6,11-12,14,25H,7-10,13H2,1H3,(H,26,27,28);1H/t14-;/m1./s1. The van der Waals surface area contributed by atoms with Gasteiger partial charge >= 0.3 is 6.18 Å². The van der Waals surface area contributed by atoms with Crippen LogP contribution in [-0.4, -0.2) is 46.5 Å². The van der Waals surface area contributed by atoms with Gasteiger partial charge in [0, 0.05) is 38.1 Å². The van der Waals surface area contributed by atoms with Crippen LogP contribution in [-0.2, 0) is 12.7 Å². The van der Waals surface area contributed by atoms with Gasteiger partial charge in [0.2, 0.25) is 0 Å². The van der Waals surface area contributed by atoms with Crippen LogP contribution in [0.4, 0.5) is 19.0 Å². The van der Waals surface area contributed by atoms with Crippen LogP contribution in [0.15, 0.2) is 42.5 Å². The summed E-state index contributed by atoms with van der Waals surface area (Å²) in [6, 6.07) is 10.9. The first-order valence-corrected chi connectivity index (χ1v) is 9.89. The zero-order valence-electron chi connectivity index (χ0n) is 17.0. The fourth-order valence-corrected chi connectivity index (χ4v) is 3.63. The van der Waals surface area contributed by atoms with Crippen LogP contribution in [0.25, 0.3) is 10.9 Å². The summed E-state index contributed by atoms with van der Waals surface area (Å²) in [5.41, 5.74) is 1.67. The van der Waals surface area contributed by atoms with Gasteiger partial charge in [-0.25, -0.2) is 0 Å². The molecule has 1 atom stereocenters. The molecule has 2 aromatic carbocycles. The topological polar surface area (TPSA) is 66.0 Å². The fraction of sp³-hybridized carbons (Fsp3) is 0.381. The number of benzene rings is 2. The van der Waals surface area contributed by atoms with Crippen LogP contribution >= 0.6 is 12.4 Å². The highest BCUT2D eigenvalue weighted by Crippen LogP contribution is 2.32. The van der Waals surface area contributed by atoms with E-state index in [1.165, 1.54) is 6.07 Å². The zero-order chi connectivity index (χ0) is 21.1. The van der Waals surface area contributed by atoms with Crippen molar-refractivity contribution < 1.29 is 13.2 Å². The molecule has 0 spiro atoms. The lowest BCUT2D eigenvalue weighted by Crippen LogP contribution is -2.42. The Morgan fingerprint density at radius 1 is 1.10 bits per heavy atom. The van der Waals surface area contributed by atoms with Crippen molar-refractivity contribution in [3.05, 3.63) is 59.2 Å². The summed E-state index contributed by atoms with van der Waals surface area (Å²) in [6.45, 7) is 6.55. The van der Waals surface area contributed by atoms with E-state index in [-0.39, 0.29) is 18.4 Å². The SMILES string of the molecule is C[C@@H](Nc1nnnc2ccc(CN3CCNCC3)cc12)c1cccc(C(F)(F)F)c1.Cl. The third kappa shape index (κ3) is 5.61. The van der Waals surface area contributed by atoms with Crippen LogP contribution in [0.1, 0.15) is 29.7 Å². The van der Waals surface area contributed by atoms with Crippen molar-refractivity contribution in [2.75, 3.05) is 31.5 Å². The molecule has 2 N–H and O–H groups in total. The Bertz CT molecular complexity index is 1020. The summed E-state index contributed by atoms with van der Waals surface area (Å²) < 4.78 is 39.1. The predicted octanol–water partition coefficient (Wildman–Crippen LogP) is 4.04. The van der Waals surface area contributed by atoms with Crippen LogP contribution in [0.2, 0.25) is 0 Å². The summed E-state index contributed by atoms with van der Waals surface area (Å²) in [5.74, 6) is 0.507. The highest BCUT2D eigenvalue weighted by Gasteiger charge is 2.30. The van der Waals surface area contributed by atoms with Gasteiger partial charge in [0.25, 0.3) is 0 Å². The third-order valence-corrected chi connectivity index (χ3v) is 5.30. The first kappa shape index (κ1) is 23.2. The molecule has 0 radical (unpaired) electrons. The Morgan fingerprint density at radius 3 is 2.61 bits per heavy atom. The van der Waals surface area contributed by atoms with Crippen molar-refractivity contribution in [1.82, 2.24) is 25.6 Å². The summed E-state index contributed by atoms with van der Waals surface area (Å²) in [7, 11) is 0. The van der Waals surface area contributed by atoms with Crippen LogP contribution in [0.3, 0.4) is 0 Å². The molecule has 3 aromatic rings. The zero-order valence-corrected chi connectivity index (χ0v) is 17.8. The lowest BCUT2D eigenvalue weighted by molar-refractivity contribution is -0.137. The largest absolute Gasteiger partial charge is 0.416 e. The third-order valence-electron chi connectivity index (χ3n) is 5.30. The Hall–Kier alpha value is -2.49. The lowest BCUT2D eigenvalue weighted by atomic mass is 10.0. The molecule has 1 fully saturated rings. The smallest absolute Gasteiger partial charge is 0.361 e. The summed E-state index contributed by atoms with van der Waals surface area (Å²) in [4.78, 5) is 2.37. The molecule has 0 unspecified atom stereocenters. The Kier molecular flexibility index (Phi) is 7.30. The highest BCUT2D eigenvalue weighted by molar-refractivity contribution is 5.89. The minimum Gasteiger partial charge on any atom is -0.361 e. The first-order chi connectivity index (χ1) is 14.4. The van der Waals surface area contributed by atoms with E-state index in [9.17, 15) is 13.2 Å². The molecule has 2 heterocycles. The van der Waals surface area contributed by atoms with Gasteiger partial charge in [0.1, 0.15) is 0 Å². The number of rotatable bonds is 5. The van der Waals surface area contributed by atoms with E-state index in [4.69, 9.17) is 0 Å². The first-order valence-electron chi connectivity index (χ1n) is 9.89. The number of hydrogen-bond donors (Lipinski definition) is 2. The molecule has 1 aliphatic rings. The minimum atomic E-state index is -4.38. The van der Waals surface area contributed by atoms with E-state index >= 15 is 0 Å². The molecule has 31 heavy (non-hydrogen) atoms. The van der Waals surface area contributed by atoms with E-state index < -0.39 is 11.7 Å². The van der Waals surface area contributed by atoms with E-state index in [0.29, 0.717) is 16.9 Å². The Morgan fingerprint density at radius 2 is 1.87 bits per heavy atom. The average molecular weight is 453 g/mol. The number of aromatic nitrogens is 3. The summed E-state index contributed by atoms with van der Waals surface area (Å²) >= 11 is 0.